The van der Waals surface area contributed by atoms with Gasteiger partial charge in [0.15, 0.2) is 17.3 Å². The molecule has 0 saturated carbocycles. The minimum atomic E-state index is -0.443. The van der Waals surface area contributed by atoms with Gasteiger partial charge in [0.25, 0.3) is 0 Å². The number of halogens is 2. The molecule has 70 valence electrons. The quantitative estimate of drug-likeness (QED) is 0.667. The molecule has 2 aromatic rings. The highest BCUT2D eigenvalue weighted by Gasteiger charge is 2.07. The van der Waals surface area contributed by atoms with Gasteiger partial charge in [0.05, 0.1) is 0 Å². The first-order valence-electron chi connectivity index (χ1n) is 3.49. The number of hydrogen-bond acceptors (Lipinski definition) is 3. The molecule has 0 radical (unpaired) electrons. The van der Waals surface area contributed by atoms with Gasteiger partial charge in [0, 0.05) is 18.7 Å². The molecule has 0 aliphatic rings. The van der Waals surface area contributed by atoms with Gasteiger partial charge in [-0.05, 0) is 6.07 Å². The van der Waals surface area contributed by atoms with Crippen molar-refractivity contribution in [2.75, 3.05) is 5.73 Å². The lowest BCUT2D eigenvalue weighted by Crippen LogP contribution is -1.86. The number of nitrogens with zero attached hydrogens (tertiary/aromatic N) is 1. The lowest BCUT2D eigenvalue weighted by molar-refractivity contribution is 0.561. The average molecular weight is 203 g/mol. The molecule has 0 spiro atoms. The highest BCUT2D eigenvalue weighted by Crippen LogP contribution is 2.21. The molecule has 0 aliphatic heterocycles. The summed E-state index contributed by atoms with van der Waals surface area (Å²) in [5.41, 5.74) is 6.38. The molecule has 0 amide bonds. The van der Waals surface area contributed by atoms with E-state index in [-0.39, 0.29) is 17.9 Å². The lowest BCUT2D eigenvalue weighted by Gasteiger charge is -1.91. The molecule has 0 unspecified atom stereocenters. The first-order valence-corrected chi connectivity index (χ1v) is 3.49. The van der Waals surface area contributed by atoms with E-state index in [0.717, 1.165) is 0 Å². The second kappa shape index (κ2) is 3.22. The Labute approximate surface area is 80.2 Å². The molecule has 0 fully saturated rings. The maximum atomic E-state index is 13.1. The van der Waals surface area contributed by atoms with Crippen molar-refractivity contribution in [3.8, 4) is 0 Å². The molecule has 1 heterocycles. The Balaban J connectivity index is 0.000000845. The van der Waals surface area contributed by atoms with Crippen molar-refractivity contribution in [3.05, 3.63) is 23.8 Å². The van der Waals surface area contributed by atoms with Crippen LogP contribution in [-0.2, 0) is 0 Å². The Morgan fingerprint density at radius 2 is 2.15 bits per heavy atom. The second-order valence-corrected chi connectivity index (χ2v) is 2.58. The molecular weight excluding hydrogens is 195 g/mol. The zero-order valence-corrected chi connectivity index (χ0v) is 7.69. The lowest BCUT2D eigenvalue weighted by atomic mass is 10.3. The van der Waals surface area contributed by atoms with E-state index in [1.54, 1.807) is 13.0 Å². The van der Waals surface area contributed by atoms with Crippen LogP contribution in [0.4, 0.5) is 10.1 Å². The molecule has 2 rings (SSSR count). The van der Waals surface area contributed by atoms with Crippen LogP contribution in [0.2, 0.25) is 0 Å². The molecule has 0 aliphatic carbocycles. The summed E-state index contributed by atoms with van der Waals surface area (Å²) in [7, 11) is 0. The number of fused-ring (bicyclic) bond motifs is 1. The summed E-state index contributed by atoms with van der Waals surface area (Å²) in [4.78, 5) is 3.86. The number of anilines is 1. The summed E-state index contributed by atoms with van der Waals surface area (Å²) < 4.78 is 18.2. The summed E-state index contributed by atoms with van der Waals surface area (Å²) in [5, 5.41) is 0. The SMILES string of the molecule is Cc1nc2c(F)cc(N)cc2o1.Cl. The van der Waals surface area contributed by atoms with Crippen molar-refractivity contribution in [1.29, 1.82) is 0 Å². The van der Waals surface area contributed by atoms with Gasteiger partial charge in [0.2, 0.25) is 0 Å². The van der Waals surface area contributed by atoms with Crippen LogP contribution in [0.3, 0.4) is 0 Å². The van der Waals surface area contributed by atoms with Gasteiger partial charge < -0.3 is 10.2 Å². The second-order valence-electron chi connectivity index (χ2n) is 2.58. The van der Waals surface area contributed by atoms with Gasteiger partial charge in [0.1, 0.15) is 5.52 Å². The van der Waals surface area contributed by atoms with E-state index in [1.807, 2.05) is 0 Å². The molecule has 0 atom stereocenters. The first-order chi connectivity index (χ1) is 5.66. The summed E-state index contributed by atoms with van der Waals surface area (Å²) >= 11 is 0. The van der Waals surface area contributed by atoms with E-state index in [1.165, 1.54) is 6.07 Å². The fourth-order valence-electron chi connectivity index (χ4n) is 1.12. The average Bonchev–Trinajstić information content (AvgIpc) is 2.29. The topological polar surface area (TPSA) is 52.0 Å². The predicted octanol–water partition coefficient (Wildman–Crippen LogP) is 2.28. The van der Waals surface area contributed by atoms with Crippen LogP contribution in [0.15, 0.2) is 16.5 Å². The van der Waals surface area contributed by atoms with Crippen molar-refractivity contribution in [2.24, 2.45) is 0 Å². The fourth-order valence-corrected chi connectivity index (χ4v) is 1.12. The number of aromatic nitrogens is 1. The number of oxazole rings is 1. The third-order valence-corrected chi connectivity index (χ3v) is 1.58. The molecule has 1 aromatic heterocycles. The summed E-state index contributed by atoms with van der Waals surface area (Å²) in [6, 6.07) is 2.78. The first kappa shape index (κ1) is 9.80. The number of rotatable bonds is 0. The fraction of sp³-hybridized carbons (Fsp3) is 0.125. The number of aryl methyl sites for hydroxylation is 1. The van der Waals surface area contributed by atoms with E-state index < -0.39 is 5.82 Å². The van der Waals surface area contributed by atoms with E-state index in [2.05, 4.69) is 4.98 Å². The number of hydrogen-bond donors (Lipinski definition) is 1. The van der Waals surface area contributed by atoms with Gasteiger partial charge in [-0.1, -0.05) is 0 Å². The smallest absolute Gasteiger partial charge is 0.192 e. The minimum absolute atomic E-state index is 0. The Kier molecular flexibility index (Phi) is 2.43. The maximum absolute atomic E-state index is 13.1. The number of nitrogen functional groups attached to an aromatic ring is 1. The van der Waals surface area contributed by atoms with Crippen molar-refractivity contribution < 1.29 is 8.81 Å². The molecule has 2 N–H and O–H groups in total. The molecule has 3 nitrogen and oxygen atoms in total. The Morgan fingerprint density at radius 3 is 2.85 bits per heavy atom. The maximum Gasteiger partial charge on any atom is 0.192 e. The third-order valence-electron chi connectivity index (χ3n) is 1.58. The normalized spacial score (nSPS) is 10.0. The predicted molar refractivity (Wildman–Crippen MR) is 50.4 cm³/mol. The van der Waals surface area contributed by atoms with Crippen LogP contribution in [0.5, 0.6) is 0 Å². The summed E-state index contributed by atoms with van der Waals surface area (Å²) in [5.74, 6) is -0.00338. The van der Waals surface area contributed by atoms with Gasteiger partial charge in [-0.15, -0.1) is 12.4 Å². The van der Waals surface area contributed by atoms with Crippen molar-refractivity contribution in [1.82, 2.24) is 4.98 Å². The van der Waals surface area contributed by atoms with Gasteiger partial charge in [-0.25, -0.2) is 9.37 Å². The highest BCUT2D eigenvalue weighted by atomic mass is 35.5. The third kappa shape index (κ3) is 1.58. The van der Waals surface area contributed by atoms with Crippen molar-refractivity contribution in [3.63, 3.8) is 0 Å². The van der Waals surface area contributed by atoms with Crippen LogP contribution in [0, 0.1) is 12.7 Å². The van der Waals surface area contributed by atoms with E-state index >= 15 is 0 Å². The Bertz CT molecular complexity index is 441. The van der Waals surface area contributed by atoms with Crippen LogP contribution >= 0.6 is 12.4 Å². The number of benzene rings is 1. The molecule has 0 bridgehead atoms. The van der Waals surface area contributed by atoms with Gasteiger partial charge >= 0.3 is 0 Å². The van der Waals surface area contributed by atoms with Crippen LogP contribution in [0.1, 0.15) is 5.89 Å². The van der Waals surface area contributed by atoms with E-state index in [0.29, 0.717) is 17.2 Å². The highest BCUT2D eigenvalue weighted by molar-refractivity contribution is 5.85. The standard InChI is InChI=1S/C8H7FN2O.ClH/c1-4-11-8-6(9)2-5(10)3-7(8)12-4;/h2-3H,10H2,1H3;1H. The molecular formula is C8H8ClFN2O. The minimum Gasteiger partial charge on any atom is -0.441 e. The van der Waals surface area contributed by atoms with E-state index in [9.17, 15) is 4.39 Å². The summed E-state index contributed by atoms with van der Waals surface area (Å²) in [6.45, 7) is 1.66. The van der Waals surface area contributed by atoms with Crippen molar-refractivity contribution in [2.45, 2.75) is 6.92 Å². The summed E-state index contributed by atoms with van der Waals surface area (Å²) in [6.07, 6.45) is 0. The van der Waals surface area contributed by atoms with Crippen LogP contribution in [0.25, 0.3) is 11.1 Å². The molecule has 13 heavy (non-hydrogen) atoms. The monoisotopic (exact) mass is 202 g/mol. The molecule has 0 saturated heterocycles. The zero-order chi connectivity index (χ0) is 8.72. The largest absolute Gasteiger partial charge is 0.441 e. The number of nitrogens with two attached hydrogens (primary N) is 1. The van der Waals surface area contributed by atoms with Crippen LogP contribution < -0.4 is 5.73 Å². The Hall–Kier alpha value is -1.29. The van der Waals surface area contributed by atoms with E-state index in [4.69, 9.17) is 10.2 Å². The van der Waals surface area contributed by atoms with Crippen LogP contribution in [-0.4, -0.2) is 4.98 Å². The van der Waals surface area contributed by atoms with Crippen molar-refractivity contribution >= 4 is 29.2 Å². The molecule has 5 heteroatoms. The Morgan fingerprint density at radius 1 is 1.46 bits per heavy atom. The molecule has 1 aromatic carbocycles. The zero-order valence-electron chi connectivity index (χ0n) is 6.87. The van der Waals surface area contributed by atoms with Gasteiger partial charge in [-0.3, -0.25) is 0 Å². The van der Waals surface area contributed by atoms with Gasteiger partial charge in [-0.2, -0.15) is 0 Å².